The quantitative estimate of drug-likeness (QED) is 0.185. The molecule has 6 rings (SSSR count). The van der Waals surface area contributed by atoms with E-state index < -0.39 is 56.9 Å². The third-order valence-corrected chi connectivity index (χ3v) is 10.7. The number of piperidine rings is 1. The van der Waals surface area contributed by atoms with E-state index in [0.29, 0.717) is 37.2 Å². The fraction of sp³-hybridized carbons (Fsp3) is 0.270. The van der Waals surface area contributed by atoms with Crippen molar-refractivity contribution in [2.75, 3.05) is 29.8 Å². The molecule has 2 aliphatic heterocycles. The van der Waals surface area contributed by atoms with E-state index in [2.05, 4.69) is 20.3 Å². The van der Waals surface area contributed by atoms with Gasteiger partial charge in [-0.15, -0.1) is 0 Å². The van der Waals surface area contributed by atoms with Crippen LogP contribution >= 0.6 is 0 Å². The van der Waals surface area contributed by atoms with Crippen molar-refractivity contribution >= 4 is 45.2 Å². The van der Waals surface area contributed by atoms with Gasteiger partial charge in [-0.1, -0.05) is 24.3 Å². The molecule has 1 aromatic heterocycles. The number of carboxylic acid groups (broad SMARTS) is 1. The van der Waals surface area contributed by atoms with E-state index in [9.17, 15) is 32.7 Å². The Hall–Kier alpha value is -5.74. The van der Waals surface area contributed by atoms with Crippen LogP contribution in [0.25, 0.3) is 11.1 Å². The maximum atomic E-state index is 15.2. The van der Waals surface area contributed by atoms with Gasteiger partial charge in [-0.25, -0.2) is 31.7 Å². The molecule has 276 valence electrons. The van der Waals surface area contributed by atoms with Gasteiger partial charge in [0.05, 0.1) is 28.2 Å². The number of benzene rings is 3. The summed E-state index contributed by atoms with van der Waals surface area (Å²) in [5.41, 5.74) is 2.21. The fourth-order valence-electron chi connectivity index (χ4n) is 6.67. The molecule has 13 nitrogen and oxygen atoms in total. The summed E-state index contributed by atoms with van der Waals surface area (Å²) in [6, 6.07) is 14.3. The standard InChI is InChI=1S/C37H36F2N6O7S/c1-20-14-24(15-21(2)41-20)23-6-10-27(11-7-23)53(51,52)43-25-17-29(38)33(30(39)18-25)34(46)42-31(36(48)49)16-22-4-8-26(9-5-22)45-35(47)28-12-13-40-19-32(28)44(3)37(45)50/h4-11,14-15,17-18,28,31-32,40,43H,12-13,16,19H2,1-3H3,(H,42,46)(H,48,49)/t28?,31-,32?/m0/s1. The van der Waals surface area contributed by atoms with Gasteiger partial charge in [0.25, 0.3) is 15.9 Å². The molecule has 0 saturated carbocycles. The number of nitrogens with one attached hydrogen (secondary N) is 3. The van der Waals surface area contributed by atoms with Crippen LogP contribution in [0.15, 0.2) is 77.7 Å². The van der Waals surface area contributed by atoms with Crippen LogP contribution in [0.3, 0.4) is 0 Å². The summed E-state index contributed by atoms with van der Waals surface area (Å²) in [6.45, 7) is 4.83. The van der Waals surface area contributed by atoms with Gasteiger partial charge in [-0.3, -0.25) is 19.3 Å². The number of carboxylic acids is 1. The second kappa shape index (κ2) is 14.7. The number of amides is 4. The van der Waals surface area contributed by atoms with E-state index in [0.717, 1.165) is 27.4 Å². The van der Waals surface area contributed by atoms with Gasteiger partial charge in [0.15, 0.2) is 0 Å². The van der Waals surface area contributed by atoms with Crippen molar-refractivity contribution in [2.45, 2.75) is 43.7 Å². The number of carbonyl (C=O) groups excluding carboxylic acids is 3. The van der Waals surface area contributed by atoms with E-state index >= 15 is 8.78 Å². The van der Waals surface area contributed by atoms with E-state index in [1.807, 2.05) is 26.0 Å². The zero-order valence-electron chi connectivity index (χ0n) is 28.9. The molecule has 3 aromatic carbocycles. The predicted molar refractivity (Wildman–Crippen MR) is 191 cm³/mol. The number of nitrogens with zero attached hydrogens (tertiary/aromatic N) is 3. The average molecular weight is 747 g/mol. The largest absolute Gasteiger partial charge is 0.480 e. The second-order valence-corrected chi connectivity index (χ2v) is 14.7. The van der Waals surface area contributed by atoms with E-state index in [4.69, 9.17) is 0 Å². The van der Waals surface area contributed by atoms with Crippen molar-refractivity contribution in [3.8, 4) is 11.1 Å². The monoisotopic (exact) mass is 746 g/mol. The molecule has 4 amide bonds. The van der Waals surface area contributed by atoms with E-state index in [1.54, 1.807) is 19.2 Å². The number of halogens is 2. The number of aromatic nitrogens is 1. The molecule has 2 unspecified atom stereocenters. The van der Waals surface area contributed by atoms with Crippen molar-refractivity contribution < 1.29 is 41.5 Å². The minimum Gasteiger partial charge on any atom is -0.480 e. The smallest absolute Gasteiger partial charge is 0.331 e. The van der Waals surface area contributed by atoms with Gasteiger partial charge < -0.3 is 20.6 Å². The van der Waals surface area contributed by atoms with Gasteiger partial charge in [0.2, 0.25) is 5.91 Å². The predicted octanol–water partition coefficient (Wildman–Crippen LogP) is 4.25. The number of likely N-dealkylation sites (N-methyl/N-ethyl adjacent to an activating group) is 1. The molecular formula is C37H36F2N6O7S. The molecule has 0 aliphatic carbocycles. The van der Waals surface area contributed by atoms with Gasteiger partial charge in [-0.05, 0) is 92.0 Å². The minimum atomic E-state index is -4.30. The molecule has 0 radical (unpaired) electrons. The van der Waals surface area contributed by atoms with Crippen molar-refractivity contribution in [1.29, 1.82) is 0 Å². The van der Waals surface area contributed by atoms with Crippen molar-refractivity contribution in [3.63, 3.8) is 0 Å². The molecule has 0 spiro atoms. The number of anilines is 2. The Morgan fingerprint density at radius 1 is 0.962 bits per heavy atom. The Kier molecular flexibility index (Phi) is 10.3. The first kappa shape index (κ1) is 37.0. The number of aliphatic carboxylic acids is 1. The molecule has 3 atom stereocenters. The zero-order chi connectivity index (χ0) is 38.2. The number of pyridine rings is 1. The molecule has 2 fully saturated rings. The molecule has 4 N–H and O–H groups in total. The Morgan fingerprint density at radius 3 is 2.19 bits per heavy atom. The number of hydrogen-bond donors (Lipinski definition) is 4. The summed E-state index contributed by atoms with van der Waals surface area (Å²) in [5.74, 6) is -6.42. The number of carbonyl (C=O) groups is 4. The summed E-state index contributed by atoms with van der Waals surface area (Å²) in [5, 5.41) is 15.1. The zero-order valence-corrected chi connectivity index (χ0v) is 29.7. The van der Waals surface area contributed by atoms with Crippen LogP contribution < -0.4 is 20.3 Å². The summed E-state index contributed by atoms with van der Waals surface area (Å²) in [4.78, 5) is 58.1. The SMILES string of the molecule is Cc1cc(-c2ccc(S(=O)(=O)Nc3cc(F)c(C(=O)N[C@@H](Cc4ccc(N5C(=O)C6CCNCC6N(C)C5=O)cc4)C(=O)O)c(F)c3)cc2)cc(C)n1. The first-order valence-electron chi connectivity index (χ1n) is 16.6. The lowest BCUT2D eigenvalue weighted by molar-refractivity contribution is -0.139. The molecule has 3 heterocycles. The van der Waals surface area contributed by atoms with Gasteiger partial charge >= 0.3 is 12.0 Å². The number of aryl methyl sites for hydroxylation is 2. The first-order chi connectivity index (χ1) is 25.1. The third kappa shape index (κ3) is 7.73. The van der Waals surface area contributed by atoms with Crippen LogP contribution in [0.2, 0.25) is 0 Å². The highest BCUT2D eigenvalue weighted by Gasteiger charge is 2.46. The second-order valence-electron chi connectivity index (χ2n) is 13.1. The van der Waals surface area contributed by atoms with E-state index in [-0.39, 0.29) is 34.9 Å². The van der Waals surface area contributed by atoms with Crippen LogP contribution in [0, 0.1) is 31.4 Å². The van der Waals surface area contributed by atoms with Gasteiger partial charge in [0, 0.05) is 31.4 Å². The van der Waals surface area contributed by atoms with Crippen molar-refractivity contribution in [1.82, 2.24) is 20.5 Å². The topological polar surface area (TPSA) is 178 Å². The number of urea groups is 1. The molecule has 16 heteroatoms. The van der Waals surface area contributed by atoms with Crippen LogP contribution in [-0.4, -0.2) is 79.4 Å². The molecule has 2 aliphatic rings. The number of imide groups is 1. The molecule has 4 aromatic rings. The fourth-order valence-corrected chi connectivity index (χ4v) is 7.71. The summed E-state index contributed by atoms with van der Waals surface area (Å²) < 4.78 is 58.6. The van der Waals surface area contributed by atoms with Gasteiger partial charge in [0.1, 0.15) is 23.2 Å². The number of fused-ring (bicyclic) bond motifs is 1. The molecular weight excluding hydrogens is 711 g/mol. The molecule has 2 saturated heterocycles. The highest BCUT2D eigenvalue weighted by molar-refractivity contribution is 7.92. The Morgan fingerprint density at radius 2 is 1.58 bits per heavy atom. The summed E-state index contributed by atoms with van der Waals surface area (Å²) >= 11 is 0. The maximum Gasteiger partial charge on any atom is 0.331 e. The lowest BCUT2D eigenvalue weighted by Gasteiger charge is -2.45. The van der Waals surface area contributed by atoms with Crippen LogP contribution in [0.4, 0.5) is 25.0 Å². The normalized spacial score (nSPS) is 18.0. The minimum absolute atomic E-state index is 0.180. The number of hydrogen-bond acceptors (Lipinski definition) is 8. The molecule has 53 heavy (non-hydrogen) atoms. The summed E-state index contributed by atoms with van der Waals surface area (Å²) in [6.07, 6.45) is 0.261. The maximum absolute atomic E-state index is 15.2. The number of sulfonamides is 1. The van der Waals surface area contributed by atoms with Crippen molar-refractivity contribution in [2.24, 2.45) is 5.92 Å². The lowest BCUT2D eigenvalue weighted by atomic mass is 9.88. The molecule has 0 bridgehead atoms. The third-order valence-electron chi connectivity index (χ3n) is 9.32. The Labute approximate surface area is 304 Å². The highest BCUT2D eigenvalue weighted by Crippen LogP contribution is 2.31. The van der Waals surface area contributed by atoms with Crippen molar-refractivity contribution in [3.05, 3.63) is 107 Å². The highest BCUT2D eigenvalue weighted by atomic mass is 32.2. The van der Waals surface area contributed by atoms with Crippen LogP contribution in [-0.2, 0) is 26.0 Å². The number of rotatable bonds is 10. The lowest BCUT2D eigenvalue weighted by Crippen LogP contribution is -2.65. The Balaban J connectivity index is 1.12. The van der Waals surface area contributed by atoms with Gasteiger partial charge in [-0.2, -0.15) is 0 Å². The van der Waals surface area contributed by atoms with Crippen LogP contribution in [0.5, 0.6) is 0 Å². The first-order valence-corrected chi connectivity index (χ1v) is 18.1. The summed E-state index contributed by atoms with van der Waals surface area (Å²) in [7, 11) is -2.67. The Bertz CT molecular complexity index is 2170. The average Bonchev–Trinajstić information content (AvgIpc) is 3.10. The van der Waals surface area contributed by atoms with E-state index in [1.165, 1.54) is 41.3 Å². The van der Waals surface area contributed by atoms with Crippen LogP contribution in [0.1, 0.15) is 33.7 Å².